The molecule has 1 atom stereocenters. The Kier molecular flexibility index (Phi) is 7.59. The molecule has 0 bridgehead atoms. The number of hydrogen-bond acceptors (Lipinski definition) is 1. The Morgan fingerprint density at radius 1 is 1.36 bits per heavy atom. The maximum absolute atomic E-state index is 5.50. The van der Waals surface area contributed by atoms with Crippen molar-refractivity contribution in [2.75, 3.05) is 6.61 Å². The number of rotatable bonds is 6. The van der Waals surface area contributed by atoms with E-state index in [0.29, 0.717) is 6.10 Å². The second-order valence-electron chi connectivity index (χ2n) is 2.66. The van der Waals surface area contributed by atoms with Crippen LogP contribution in [0, 0.1) is 0 Å². The summed E-state index contributed by atoms with van der Waals surface area (Å²) in [6.07, 6.45) is 8.23. The van der Waals surface area contributed by atoms with Crippen LogP contribution in [0.4, 0.5) is 0 Å². The normalized spacial score (nSPS) is 14.1. The molecule has 0 spiro atoms. The standard InChI is InChI=1S/C10H20O/c1-4-7-9-10(8-5-2)11-6-3/h5,8,10H,4,6-7,9H2,1-3H3/b8-5-/t10-/m1/s1. The summed E-state index contributed by atoms with van der Waals surface area (Å²) in [5.74, 6) is 0. The van der Waals surface area contributed by atoms with Gasteiger partial charge in [0.25, 0.3) is 0 Å². The first-order valence-electron chi connectivity index (χ1n) is 4.59. The van der Waals surface area contributed by atoms with E-state index in [1.807, 2.05) is 13.8 Å². The summed E-state index contributed by atoms with van der Waals surface area (Å²) in [5, 5.41) is 0. The molecule has 0 saturated carbocycles. The Morgan fingerprint density at radius 2 is 2.09 bits per heavy atom. The third-order valence-electron chi connectivity index (χ3n) is 1.63. The summed E-state index contributed by atoms with van der Waals surface area (Å²) in [6.45, 7) is 7.11. The zero-order valence-electron chi connectivity index (χ0n) is 7.97. The van der Waals surface area contributed by atoms with Crippen LogP contribution in [0.1, 0.15) is 40.0 Å². The molecule has 66 valence electrons. The van der Waals surface area contributed by atoms with Gasteiger partial charge in [0.15, 0.2) is 0 Å². The minimum atomic E-state index is 0.352. The first kappa shape index (κ1) is 10.7. The van der Waals surface area contributed by atoms with Crippen molar-refractivity contribution < 1.29 is 4.74 Å². The van der Waals surface area contributed by atoms with Gasteiger partial charge in [-0.1, -0.05) is 31.9 Å². The van der Waals surface area contributed by atoms with Gasteiger partial charge in [-0.05, 0) is 20.3 Å². The molecular formula is C10H20O. The van der Waals surface area contributed by atoms with Crippen molar-refractivity contribution in [3.05, 3.63) is 12.2 Å². The van der Waals surface area contributed by atoms with Crippen LogP contribution in [0.25, 0.3) is 0 Å². The lowest BCUT2D eigenvalue weighted by atomic mass is 10.1. The lowest BCUT2D eigenvalue weighted by molar-refractivity contribution is 0.0886. The summed E-state index contributed by atoms with van der Waals surface area (Å²) in [6, 6.07) is 0. The highest BCUT2D eigenvalue weighted by Crippen LogP contribution is 2.05. The van der Waals surface area contributed by atoms with Crippen molar-refractivity contribution in [3.63, 3.8) is 0 Å². The van der Waals surface area contributed by atoms with Crippen LogP contribution in [0.2, 0.25) is 0 Å². The van der Waals surface area contributed by atoms with Gasteiger partial charge in [0.2, 0.25) is 0 Å². The van der Waals surface area contributed by atoms with Crippen molar-refractivity contribution in [1.82, 2.24) is 0 Å². The van der Waals surface area contributed by atoms with Crippen LogP contribution >= 0.6 is 0 Å². The molecule has 0 radical (unpaired) electrons. The van der Waals surface area contributed by atoms with Crippen LogP contribution in [0.3, 0.4) is 0 Å². The van der Waals surface area contributed by atoms with Gasteiger partial charge in [-0.25, -0.2) is 0 Å². The highest BCUT2D eigenvalue weighted by atomic mass is 16.5. The van der Waals surface area contributed by atoms with Crippen molar-refractivity contribution in [1.29, 1.82) is 0 Å². The fourth-order valence-electron chi connectivity index (χ4n) is 1.07. The molecule has 0 aromatic heterocycles. The minimum Gasteiger partial charge on any atom is -0.374 e. The predicted molar refractivity (Wildman–Crippen MR) is 49.8 cm³/mol. The summed E-state index contributed by atoms with van der Waals surface area (Å²) in [5.41, 5.74) is 0. The Labute approximate surface area is 70.4 Å². The van der Waals surface area contributed by atoms with E-state index in [4.69, 9.17) is 4.74 Å². The predicted octanol–water partition coefficient (Wildman–Crippen LogP) is 3.16. The van der Waals surface area contributed by atoms with E-state index in [9.17, 15) is 0 Å². The van der Waals surface area contributed by atoms with Crippen LogP contribution in [0.15, 0.2) is 12.2 Å². The maximum Gasteiger partial charge on any atom is 0.0755 e. The highest BCUT2D eigenvalue weighted by Gasteiger charge is 2.00. The zero-order valence-corrected chi connectivity index (χ0v) is 7.97. The Hall–Kier alpha value is -0.300. The second-order valence-corrected chi connectivity index (χ2v) is 2.66. The third-order valence-corrected chi connectivity index (χ3v) is 1.63. The highest BCUT2D eigenvalue weighted by molar-refractivity contribution is 4.86. The molecule has 0 rings (SSSR count). The zero-order chi connectivity index (χ0) is 8.53. The molecule has 0 saturated heterocycles. The van der Waals surface area contributed by atoms with Crippen LogP contribution in [0.5, 0.6) is 0 Å². The van der Waals surface area contributed by atoms with E-state index in [1.54, 1.807) is 0 Å². The van der Waals surface area contributed by atoms with E-state index in [1.165, 1.54) is 12.8 Å². The Morgan fingerprint density at radius 3 is 2.55 bits per heavy atom. The molecule has 0 aromatic carbocycles. The molecule has 0 heterocycles. The van der Waals surface area contributed by atoms with Crippen molar-refractivity contribution in [2.24, 2.45) is 0 Å². The molecule has 1 nitrogen and oxygen atoms in total. The van der Waals surface area contributed by atoms with Crippen LogP contribution in [-0.2, 0) is 4.74 Å². The van der Waals surface area contributed by atoms with E-state index in [-0.39, 0.29) is 0 Å². The van der Waals surface area contributed by atoms with Gasteiger partial charge in [0.05, 0.1) is 6.10 Å². The lowest BCUT2D eigenvalue weighted by Gasteiger charge is -2.11. The number of allylic oxidation sites excluding steroid dienone is 1. The summed E-state index contributed by atoms with van der Waals surface area (Å²) in [4.78, 5) is 0. The maximum atomic E-state index is 5.50. The number of ether oxygens (including phenoxy) is 1. The molecular weight excluding hydrogens is 136 g/mol. The van der Waals surface area contributed by atoms with Gasteiger partial charge in [-0.3, -0.25) is 0 Å². The average Bonchev–Trinajstić information content (AvgIpc) is 2.01. The molecule has 0 aromatic rings. The summed E-state index contributed by atoms with van der Waals surface area (Å²) >= 11 is 0. The molecule has 0 fully saturated rings. The number of unbranched alkanes of at least 4 members (excludes halogenated alkanes) is 1. The molecule has 0 N–H and O–H groups in total. The van der Waals surface area contributed by atoms with Crippen LogP contribution < -0.4 is 0 Å². The van der Waals surface area contributed by atoms with Gasteiger partial charge in [-0.15, -0.1) is 0 Å². The second kappa shape index (κ2) is 7.80. The number of hydrogen-bond donors (Lipinski definition) is 0. The van der Waals surface area contributed by atoms with Crippen molar-refractivity contribution in [2.45, 2.75) is 46.1 Å². The first-order valence-corrected chi connectivity index (χ1v) is 4.59. The smallest absolute Gasteiger partial charge is 0.0755 e. The quantitative estimate of drug-likeness (QED) is 0.537. The topological polar surface area (TPSA) is 9.23 Å². The van der Waals surface area contributed by atoms with E-state index in [0.717, 1.165) is 13.0 Å². The minimum absolute atomic E-state index is 0.352. The SMILES string of the molecule is C/C=C\[C@H](CCCC)OCC. The summed E-state index contributed by atoms with van der Waals surface area (Å²) < 4.78 is 5.50. The van der Waals surface area contributed by atoms with Gasteiger partial charge in [-0.2, -0.15) is 0 Å². The van der Waals surface area contributed by atoms with Gasteiger partial charge < -0.3 is 4.74 Å². The molecule has 0 aliphatic carbocycles. The largest absolute Gasteiger partial charge is 0.374 e. The fraction of sp³-hybridized carbons (Fsp3) is 0.800. The third kappa shape index (κ3) is 6.11. The molecule has 0 aliphatic rings. The van der Waals surface area contributed by atoms with Gasteiger partial charge in [0.1, 0.15) is 0 Å². The molecule has 0 unspecified atom stereocenters. The fourth-order valence-corrected chi connectivity index (χ4v) is 1.07. The lowest BCUT2D eigenvalue weighted by Crippen LogP contribution is -2.08. The van der Waals surface area contributed by atoms with E-state index in [2.05, 4.69) is 19.1 Å². The average molecular weight is 156 g/mol. The van der Waals surface area contributed by atoms with Crippen molar-refractivity contribution in [3.8, 4) is 0 Å². The first-order chi connectivity index (χ1) is 5.35. The molecule has 0 aliphatic heterocycles. The Bertz CT molecular complexity index is 97.0. The van der Waals surface area contributed by atoms with E-state index >= 15 is 0 Å². The van der Waals surface area contributed by atoms with Crippen molar-refractivity contribution >= 4 is 0 Å². The molecule has 0 amide bonds. The monoisotopic (exact) mass is 156 g/mol. The van der Waals surface area contributed by atoms with E-state index < -0.39 is 0 Å². The van der Waals surface area contributed by atoms with Gasteiger partial charge >= 0.3 is 0 Å². The molecule has 1 heteroatoms. The summed E-state index contributed by atoms with van der Waals surface area (Å²) in [7, 11) is 0. The van der Waals surface area contributed by atoms with Gasteiger partial charge in [0, 0.05) is 6.61 Å². The molecule has 11 heavy (non-hydrogen) atoms. The van der Waals surface area contributed by atoms with Crippen LogP contribution in [-0.4, -0.2) is 12.7 Å². The Balaban J connectivity index is 3.51.